The summed E-state index contributed by atoms with van der Waals surface area (Å²) in [6.45, 7) is 4.14. The van der Waals surface area contributed by atoms with E-state index in [9.17, 15) is 18.7 Å². The molecule has 5 rings (SSSR count). The van der Waals surface area contributed by atoms with Crippen molar-refractivity contribution in [3.05, 3.63) is 47.5 Å². The summed E-state index contributed by atoms with van der Waals surface area (Å²) in [6, 6.07) is 6.72. The predicted molar refractivity (Wildman–Crippen MR) is 124 cm³/mol. The minimum atomic E-state index is -2.19. The van der Waals surface area contributed by atoms with E-state index >= 15 is 0 Å². The van der Waals surface area contributed by atoms with Crippen molar-refractivity contribution in [3.63, 3.8) is 0 Å². The molecule has 1 aromatic carbocycles. The summed E-state index contributed by atoms with van der Waals surface area (Å²) in [6.07, 6.45) is 2.40. The smallest absolute Gasteiger partial charge is 0.341 e. The van der Waals surface area contributed by atoms with Gasteiger partial charge in [-0.25, -0.2) is 18.6 Å². The van der Waals surface area contributed by atoms with Gasteiger partial charge in [-0.3, -0.25) is 5.10 Å². The average Bonchev–Trinajstić information content (AvgIpc) is 3.40. The van der Waals surface area contributed by atoms with E-state index in [4.69, 9.17) is 9.72 Å². The number of carboxylic acids is 1. The van der Waals surface area contributed by atoms with E-state index in [1.165, 1.54) is 13.2 Å². The highest BCUT2D eigenvalue weighted by molar-refractivity contribution is 5.93. The van der Waals surface area contributed by atoms with E-state index in [1.807, 2.05) is 6.07 Å². The lowest BCUT2D eigenvalue weighted by molar-refractivity contribution is -0.153. The van der Waals surface area contributed by atoms with Gasteiger partial charge in [-0.2, -0.15) is 5.10 Å². The van der Waals surface area contributed by atoms with Crippen LogP contribution in [0.2, 0.25) is 0 Å². The van der Waals surface area contributed by atoms with E-state index < -0.39 is 17.5 Å². The molecule has 1 fully saturated rings. The van der Waals surface area contributed by atoms with Crippen LogP contribution in [0.15, 0.2) is 30.5 Å². The topological polar surface area (TPSA) is 93.0 Å². The van der Waals surface area contributed by atoms with Crippen molar-refractivity contribution in [1.29, 1.82) is 0 Å². The fourth-order valence-electron chi connectivity index (χ4n) is 5.22. The molecule has 1 aliphatic rings. The summed E-state index contributed by atoms with van der Waals surface area (Å²) in [5, 5.41) is 17.2. The van der Waals surface area contributed by atoms with Crippen molar-refractivity contribution in [2.45, 2.75) is 57.0 Å². The van der Waals surface area contributed by atoms with E-state index in [2.05, 4.69) is 28.6 Å². The molecule has 1 saturated carbocycles. The van der Waals surface area contributed by atoms with E-state index in [-0.39, 0.29) is 30.4 Å². The van der Waals surface area contributed by atoms with Crippen molar-refractivity contribution in [3.8, 4) is 11.4 Å². The van der Waals surface area contributed by atoms with Crippen molar-refractivity contribution in [2.24, 2.45) is 0 Å². The van der Waals surface area contributed by atoms with Gasteiger partial charge < -0.3 is 14.4 Å². The van der Waals surface area contributed by atoms with Crippen molar-refractivity contribution in [1.82, 2.24) is 19.7 Å². The van der Waals surface area contributed by atoms with Crippen molar-refractivity contribution < 1.29 is 23.4 Å². The van der Waals surface area contributed by atoms with Crippen LogP contribution in [-0.2, 0) is 4.79 Å². The number of alkyl halides is 1. The number of benzene rings is 1. The number of hydrogen-bond donors (Lipinski definition) is 2. The molecular weight excluding hydrogens is 442 g/mol. The minimum Gasteiger partial charge on any atom is -0.494 e. The largest absolute Gasteiger partial charge is 0.494 e. The first-order valence-corrected chi connectivity index (χ1v) is 11.4. The number of aromatic amines is 1. The zero-order chi connectivity index (χ0) is 24.2. The minimum absolute atomic E-state index is 0.0477. The Morgan fingerprint density at radius 2 is 2.03 bits per heavy atom. The second kappa shape index (κ2) is 8.07. The number of carbonyl (C=O) groups is 1. The number of ether oxygens (including phenoxy) is 1. The van der Waals surface area contributed by atoms with Crippen LogP contribution in [0.4, 0.5) is 8.78 Å². The monoisotopic (exact) mass is 468 g/mol. The van der Waals surface area contributed by atoms with E-state index in [0.717, 1.165) is 33.4 Å². The number of aromatic nitrogens is 4. The molecule has 3 aromatic heterocycles. The molecule has 0 unspecified atom stereocenters. The quantitative estimate of drug-likeness (QED) is 0.396. The summed E-state index contributed by atoms with van der Waals surface area (Å²) in [4.78, 5) is 16.3. The first-order valence-electron chi connectivity index (χ1n) is 11.4. The summed E-state index contributed by atoms with van der Waals surface area (Å²) in [5.41, 5.74) is 2.73. The van der Waals surface area contributed by atoms with Gasteiger partial charge in [0.15, 0.2) is 17.2 Å². The normalized spacial score (nSPS) is 20.9. The van der Waals surface area contributed by atoms with Crippen LogP contribution in [0.3, 0.4) is 0 Å². The molecule has 34 heavy (non-hydrogen) atoms. The number of halogens is 2. The molecule has 0 bridgehead atoms. The molecule has 0 atom stereocenters. The molecule has 0 radical (unpaired) electrons. The number of methoxy groups -OCH3 is 1. The van der Waals surface area contributed by atoms with E-state index in [1.54, 1.807) is 18.3 Å². The Balaban J connectivity index is 1.77. The summed E-state index contributed by atoms with van der Waals surface area (Å²) < 4.78 is 36.3. The third kappa shape index (κ3) is 3.41. The van der Waals surface area contributed by atoms with Crippen molar-refractivity contribution in [2.75, 3.05) is 7.11 Å². The maximum atomic E-state index is 14.8. The number of aliphatic carboxylic acids is 1. The molecule has 0 aliphatic heterocycles. The molecule has 1 aliphatic carbocycles. The standard InChI is InChI=1S/C25H26F2N4O3/c1-13(2)22-20(14-6-8-25(27,9-7-14)24(32)33)21-18(10-15-12-28-30-23(15)29-21)31(22)16-4-5-17(26)19(11-16)34-3/h4-5,10-14H,6-9H2,1-3H3,(H,32,33)(H,28,29,30). The highest BCUT2D eigenvalue weighted by Crippen LogP contribution is 2.46. The third-order valence-electron chi connectivity index (χ3n) is 6.93. The molecule has 7 nitrogen and oxygen atoms in total. The molecule has 178 valence electrons. The zero-order valence-electron chi connectivity index (χ0n) is 19.2. The van der Waals surface area contributed by atoms with Crippen LogP contribution in [0, 0.1) is 5.82 Å². The van der Waals surface area contributed by atoms with Gasteiger partial charge in [-0.15, -0.1) is 0 Å². The van der Waals surface area contributed by atoms with E-state index in [0.29, 0.717) is 18.5 Å². The fourth-order valence-corrected chi connectivity index (χ4v) is 5.22. The Bertz CT molecular complexity index is 1400. The number of H-pyrrole nitrogens is 1. The maximum Gasteiger partial charge on any atom is 0.341 e. The summed E-state index contributed by atoms with van der Waals surface area (Å²) in [7, 11) is 1.43. The molecule has 2 N–H and O–H groups in total. The summed E-state index contributed by atoms with van der Waals surface area (Å²) >= 11 is 0. The highest BCUT2D eigenvalue weighted by atomic mass is 19.1. The number of carboxylic acid groups (broad SMARTS) is 1. The number of nitrogens with one attached hydrogen (secondary N) is 1. The average molecular weight is 469 g/mol. The Kier molecular flexibility index (Phi) is 5.30. The van der Waals surface area contributed by atoms with Crippen LogP contribution >= 0.6 is 0 Å². The number of hydrogen-bond acceptors (Lipinski definition) is 4. The van der Waals surface area contributed by atoms with Gasteiger partial charge in [0.05, 0.1) is 24.3 Å². The van der Waals surface area contributed by atoms with Crippen LogP contribution in [0.25, 0.3) is 27.8 Å². The number of nitrogens with zero attached hydrogens (tertiary/aromatic N) is 3. The first kappa shape index (κ1) is 22.3. The van der Waals surface area contributed by atoms with Gasteiger partial charge in [0.1, 0.15) is 0 Å². The third-order valence-corrected chi connectivity index (χ3v) is 6.93. The Morgan fingerprint density at radius 3 is 2.68 bits per heavy atom. The lowest BCUT2D eigenvalue weighted by atomic mass is 9.76. The van der Waals surface area contributed by atoms with Gasteiger partial charge in [0, 0.05) is 28.4 Å². The maximum absolute atomic E-state index is 14.8. The Hall–Kier alpha value is -3.49. The van der Waals surface area contributed by atoms with Gasteiger partial charge in [0.2, 0.25) is 5.67 Å². The molecule has 0 spiro atoms. The predicted octanol–water partition coefficient (Wildman–Crippen LogP) is 5.62. The van der Waals surface area contributed by atoms with Crippen LogP contribution < -0.4 is 4.74 Å². The second-order valence-corrected chi connectivity index (χ2v) is 9.32. The Morgan fingerprint density at radius 1 is 1.29 bits per heavy atom. The van der Waals surface area contributed by atoms with Gasteiger partial charge in [0.25, 0.3) is 0 Å². The fraction of sp³-hybridized carbons (Fsp3) is 0.400. The van der Waals surface area contributed by atoms with Gasteiger partial charge in [-0.05, 0) is 55.7 Å². The molecule has 4 aromatic rings. The highest BCUT2D eigenvalue weighted by Gasteiger charge is 2.44. The zero-order valence-corrected chi connectivity index (χ0v) is 19.2. The Labute approximate surface area is 194 Å². The molecule has 9 heteroatoms. The number of fused-ring (bicyclic) bond motifs is 2. The van der Waals surface area contributed by atoms with Gasteiger partial charge in [-0.1, -0.05) is 13.8 Å². The molecular formula is C25H26F2N4O3. The lowest BCUT2D eigenvalue weighted by Gasteiger charge is -2.31. The van der Waals surface area contributed by atoms with Crippen LogP contribution in [0.1, 0.15) is 62.6 Å². The molecule has 0 amide bonds. The van der Waals surface area contributed by atoms with Crippen molar-refractivity contribution >= 4 is 28.0 Å². The molecule has 0 saturated heterocycles. The van der Waals surface area contributed by atoms with Crippen LogP contribution in [0.5, 0.6) is 5.75 Å². The summed E-state index contributed by atoms with van der Waals surface area (Å²) in [5.74, 6) is -1.71. The van der Waals surface area contributed by atoms with Gasteiger partial charge >= 0.3 is 5.97 Å². The first-order chi connectivity index (χ1) is 16.2. The SMILES string of the molecule is COc1cc(-n2c(C(C)C)c(C3CCC(F)(C(=O)O)CC3)c3nc4[nH]ncc4cc32)ccc1F. The van der Waals surface area contributed by atoms with Crippen LogP contribution in [-0.4, -0.2) is 43.6 Å². The number of rotatable bonds is 5. The second-order valence-electron chi connectivity index (χ2n) is 9.32. The number of pyridine rings is 1. The molecule has 3 heterocycles. The lowest BCUT2D eigenvalue weighted by Crippen LogP contribution is -2.37.